The van der Waals surface area contributed by atoms with Gasteiger partial charge in [-0.3, -0.25) is 9.78 Å². The molecule has 1 aliphatic heterocycles. The van der Waals surface area contributed by atoms with Crippen LogP contribution < -0.4 is 10.1 Å². The van der Waals surface area contributed by atoms with Crippen molar-refractivity contribution in [3.63, 3.8) is 0 Å². The normalized spacial score (nSPS) is 18.4. The van der Waals surface area contributed by atoms with Crippen molar-refractivity contribution in [1.82, 2.24) is 10.3 Å². The molecule has 4 nitrogen and oxygen atoms in total. The Hall–Kier alpha value is -3.35. The van der Waals surface area contributed by atoms with Gasteiger partial charge in [-0.25, -0.2) is 0 Å². The summed E-state index contributed by atoms with van der Waals surface area (Å²) < 4.78 is 44.7. The minimum atomic E-state index is -4.44. The number of pyridine rings is 1. The molecule has 148 valence electrons. The largest absolute Gasteiger partial charge is 0.491 e. The average Bonchev–Trinajstić information content (AvgIpc) is 2.74. The first-order chi connectivity index (χ1) is 13.9. The number of nitrogens with one attached hydrogen (secondary N) is 1. The van der Waals surface area contributed by atoms with Crippen LogP contribution in [0.2, 0.25) is 0 Å². The van der Waals surface area contributed by atoms with E-state index in [1.165, 1.54) is 12.1 Å². The summed E-state index contributed by atoms with van der Waals surface area (Å²) in [4.78, 5) is 17.4. The first kappa shape index (κ1) is 19.0. The Bertz CT molecular complexity index is 1020. The minimum absolute atomic E-state index is 0.286. The monoisotopic (exact) mass is 398 g/mol. The van der Waals surface area contributed by atoms with Crippen LogP contribution in [0.1, 0.15) is 33.6 Å². The summed E-state index contributed by atoms with van der Waals surface area (Å²) in [7, 11) is 0. The summed E-state index contributed by atoms with van der Waals surface area (Å²) in [5.74, 6) is 0.149. The molecule has 1 atom stereocenters. The van der Waals surface area contributed by atoms with Crippen molar-refractivity contribution >= 4 is 5.91 Å². The van der Waals surface area contributed by atoms with Crippen molar-refractivity contribution < 1.29 is 22.7 Å². The molecule has 0 saturated carbocycles. The van der Waals surface area contributed by atoms with Crippen LogP contribution in [0.3, 0.4) is 0 Å². The molecule has 3 aromatic rings. The second-order valence-electron chi connectivity index (χ2n) is 6.75. The molecular weight excluding hydrogens is 381 g/mol. The third-order valence-electron chi connectivity index (χ3n) is 4.98. The number of rotatable bonds is 3. The second kappa shape index (κ2) is 7.24. The maximum atomic E-state index is 13.0. The van der Waals surface area contributed by atoms with Gasteiger partial charge in [-0.15, -0.1) is 0 Å². The lowest BCUT2D eigenvalue weighted by Crippen LogP contribution is -2.50. The minimum Gasteiger partial charge on any atom is -0.491 e. The zero-order valence-electron chi connectivity index (χ0n) is 15.2. The van der Waals surface area contributed by atoms with Crippen molar-refractivity contribution in [2.75, 3.05) is 6.61 Å². The molecule has 1 aromatic heterocycles. The van der Waals surface area contributed by atoms with E-state index in [1.54, 1.807) is 48.7 Å². The number of aromatic nitrogens is 1. The van der Waals surface area contributed by atoms with Gasteiger partial charge < -0.3 is 10.1 Å². The highest BCUT2D eigenvalue weighted by atomic mass is 19.4. The highest BCUT2D eigenvalue weighted by molar-refractivity contribution is 5.95. The van der Waals surface area contributed by atoms with Gasteiger partial charge in [0.25, 0.3) is 5.91 Å². The zero-order valence-corrected chi connectivity index (χ0v) is 15.2. The summed E-state index contributed by atoms with van der Waals surface area (Å²) in [5, 5.41) is 3.02. The van der Waals surface area contributed by atoms with E-state index in [0.717, 1.165) is 12.1 Å². The van der Waals surface area contributed by atoms with Crippen LogP contribution in [-0.2, 0) is 11.7 Å². The van der Waals surface area contributed by atoms with Crippen LogP contribution in [0.4, 0.5) is 13.2 Å². The summed E-state index contributed by atoms with van der Waals surface area (Å²) in [6.07, 6.45) is -2.53. The van der Waals surface area contributed by atoms with Crippen molar-refractivity contribution in [3.8, 4) is 5.75 Å². The molecule has 1 aliphatic rings. The van der Waals surface area contributed by atoms with Crippen LogP contribution in [-0.4, -0.2) is 17.5 Å². The quantitative estimate of drug-likeness (QED) is 0.704. The van der Waals surface area contributed by atoms with Crippen molar-refractivity contribution in [2.45, 2.75) is 18.1 Å². The molecule has 2 aromatic carbocycles. The fourth-order valence-corrected chi connectivity index (χ4v) is 3.53. The predicted octanol–water partition coefficient (Wildman–Crippen LogP) is 4.56. The van der Waals surface area contributed by atoms with Crippen LogP contribution in [0.15, 0.2) is 72.9 Å². The van der Waals surface area contributed by atoms with Gasteiger partial charge in [-0.2, -0.15) is 13.2 Å². The standard InChI is InChI=1S/C22H17F3N2O2/c23-22(24,25)17-10-8-16(9-11-17)21(27-20(28)15-5-2-1-3-6-15)12-14-29-18-7-4-13-26-19(18)21/h1-11,13H,12,14H2,(H,27,28). The third kappa shape index (κ3) is 3.55. The topological polar surface area (TPSA) is 51.2 Å². The van der Waals surface area contributed by atoms with Gasteiger partial charge in [-0.1, -0.05) is 30.3 Å². The van der Waals surface area contributed by atoms with Gasteiger partial charge in [0.05, 0.1) is 12.2 Å². The molecule has 0 radical (unpaired) electrons. The van der Waals surface area contributed by atoms with Gasteiger partial charge in [0.15, 0.2) is 0 Å². The Labute approximate surface area is 165 Å². The van der Waals surface area contributed by atoms with E-state index in [0.29, 0.717) is 29.0 Å². The SMILES string of the molecule is O=C(NC1(c2ccc(C(F)(F)F)cc2)CCOc2cccnc21)c1ccccc1. The highest BCUT2D eigenvalue weighted by Crippen LogP contribution is 2.41. The molecule has 1 amide bonds. The molecule has 4 rings (SSSR count). The number of benzene rings is 2. The average molecular weight is 398 g/mol. The Kier molecular flexibility index (Phi) is 4.74. The van der Waals surface area contributed by atoms with Crippen LogP contribution in [0.5, 0.6) is 5.75 Å². The van der Waals surface area contributed by atoms with Gasteiger partial charge in [-0.05, 0) is 42.0 Å². The van der Waals surface area contributed by atoms with Crippen LogP contribution in [0, 0.1) is 0 Å². The second-order valence-corrected chi connectivity index (χ2v) is 6.75. The number of carbonyl (C=O) groups excluding carboxylic acids is 1. The lowest BCUT2D eigenvalue weighted by molar-refractivity contribution is -0.137. The van der Waals surface area contributed by atoms with E-state index in [4.69, 9.17) is 4.74 Å². The first-order valence-corrected chi connectivity index (χ1v) is 9.04. The number of nitrogens with zero attached hydrogens (tertiary/aromatic N) is 1. The van der Waals surface area contributed by atoms with Crippen LogP contribution in [0.25, 0.3) is 0 Å². The van der Waals surface area contributed by atoms with E-state index in [-0.39, 0.29) is 12.5 Å². The number of carbonyl (C=O) groups is 1. The number of alkyl halides is 3. The molecular formula is C22H17F3N2O2. The van der Waals surface area contributed by atoms with Crippen LogP contribution >= 0.6 is 0 Å². The predicted molar refractivity (Wildman–Crippen MR) is 100 cm³/mol. The summed E-state index contributed by atoms with van der Waals surface area (Å²) in [5.41, 5.74) is -0.429. The summed E-state index contributed by atoms with van der Waals surface area (Å²) in [6, 6.07) is 16.9. The summed E-state index contributed by atoms with van der Waals surface area (Å²) >= 11 is 0. The Morgan fingerprint density at radius 2 is 1.72 bits per heavy atom. The van der Waals surface area contributed by atoms with E-state index in [1.807, 2.05) is 0 Å². The fourth-order valence-electron chi connectivity index (χ4n) is 3.53. The molecule has 0 aliphatic carbocycles. The van der Waals surface area contributed by atoms with Gasteiger partial charge in [0.2, 0.25) is 0 Å². The molecule has 0 saturated heterocycles. The fraction of sp³-hybridized carbons (Fsp3) is 0.182. The Morgan fingerprint density at radius 3 is 2.41 bits per heavy atom. The number of halogens is 3. The lowest BCUT2D eigenvalue weighted by Gasteiger charge is -2.39. The molecule has 29 heavy (non-hydrogen) atoms. The van der Waals surface area contributed by atoms with Gasteiger partial charge in [0.1, 0.15) is 17.0 Å². The molecule has 2 heterocycles. The number of amides is 1. The van der Waals surface area contributed by atoms with E-state index in [9.17, 15) is 18.0 Å². The number of ether oxygens (including phenoxy) is 1. The molecule has 1 N–H and O–H groups in total. The number of hydrogen-bond acceptors (Lipinski definition) is 3. The smallest absolute Gasteiger partial charge is 0.416 e. The molecule has 1 unspecified atom stereocenters. The number of fused-ring (bicyclic) bond motifs is 1. The van der Waals surface area contributed by atoms with Gasteiger partial charge in [0, 0.05) is 18.2 Å². The third-order valence-corrected chi connectivity index (χ3v) is 4.98. The van der Waals surface area contributed by atoms with E-state index < -0.39 is 17.3 Å². The maximum Gasteiger partial charge on any atom is 0.416 e. The molecule has 7 heteroatoms. The number of hydrogen-bond donors (Lipinski definition) is 1. The first-order valence-electron chi connectivity index (χ1n) is 9.04. The van der Waals surface area contributed by atoms with Crippen molar-refractivity contribution in [1.29, 1.82) is 0 Å². The molecule has 0 fully saturated rings. The molecule has 0 spiro atoms. The molecule has 0 bridgehead atoms. The van der Waals surface area contributed by atoms with Gasteiger partial charge >= 0.3 is 6.18 Å². The highest BCUT2D eigenvalue weighted by Gasteiger charge is 2.43. The zero-order chi connectivity index (χ0) is 20.5. The summed E-state index contributed by atoms with van der Waals surface area (Å²) in [6.45, 7) is 0.286. The van der Waals surface area contributed by atoms with Crippen molar-refractivity contribution in [2.24, 2.45) is 0 Å². The van der Waals surface area contributed by atoms with E-state index in [2.05, 4.69) is 10.3 Å². The van der Waals surface area contributed by atoms with Crippen molar-refractivity contribution in [3.05, 3.63) is 95.3 Å². The maximum absolute atomic E-state index is 13.0. The Morgan fingerprint density at radius 1 is 1.00 bits per heavy atom. The van der Waals surface area contributed by atoms with E-state index >= 15 is 0 Å². The Balaban J connectivity index is 1.82. The lowest BCUT2D eigenvalue weighted by atomic mass is 9.80.